The maximum atomic E-state index is 5.97. The smallest absolute Gasteiger partial charge is 0.0867 e. The molecule has 16 heavy (non-hydrogen) atoms. The minimum absolute atomic E-state index is 0.138. The summed E-state index contributed by atoms with van der Waals surface area (Å²) in [5, 5.41) is 0. The third-order valence-corrected chi connectivity index (χ3v) is 4.09. The third kappa shape index (κ3) is 3.62. The Labute approximate surface area is 100 Å². The van der Waals surface area contributed by atoms with E-state index in [4.69, 9.17) is 4.74 Å². The molecule has 1 heteroatoms. The molecular formula is C15H26O. The quantitative estimate of drug-likeness (QED) is 0.544. The van der Waals surface area contributed by atoms with Gasteiger partial charge in [-0.25, -0.2) is 0 Å². The molecule has 0 radical (unpaired) electrons. The summed E-state index contributed by atoms with van der Waals surface area (Å²) in [5.41, 5.74) is 0.138. The first-order chi connectivity index (χ1) is 7.91. The highest BCUT2D eigenvalue weighted by Crippen LogP contribution is 2.32. The van der Waals surface area contributed by atoms with Gasteiger partial charge >= 0.3 is 0 Å². The zero-order valence-electron chi connectivity index (χ0n) is 10.5. The molecule has 0 aromatic carbocycles. The van der Waals surface area contributed by atoms with E-state index in [-0.39, 0.29) is 5.60 Å². The fraction of sp³-hybridized carbons (Fsp3) is 0.867. The lowest BCUT2D eigenvalue weighted by Gasteiger charge is -2.27. The van der Waals surface area contributed by atoms with Crippen LogP contribution in [-0.4, -0.2) is 12.2 Å². The molecule has 0 aromatic heterocycles. The number of hydrogen-bond donors (Lipinski definition) is 0. The summed E-state index contributed by atoms with van der Waals surface area (Å²) < 4.78 is 5.97. The van der Waals surface area contributed by atoms with Crippen molar-refractivity contribution in [1.29, 1.82) is 0 Å². The Morgan fingerprint density at radius 1 is 0.688 bits per heavy atom. The highest BCUT2D eigenvalue weighted by Gasteiger charge is 2.29. The van der Waals surface area contributed by atoms with Crippen LogP contribution >= 0.6 is 0 Å². The second-order valence-electron chi connectivity index (χ2n) is 5.46. The molecule has 1 aliphatic heterocycles. The minimum Gasteiger partial charge on any atom is -0.367 e. The van der Waals surface area contributed by atoms with Gasteiger partial charge in [-0.3, -0.25) is 0 Å². The normalized spacial score (nSPS) is 27.5. The summed E-state index contributed by atoms with van der Waals surface area (Å²) >= 11 is 0. The van der Waals surface area contributed by atoms with Crippen LogP contribution in [0.2, 0.25) is 0 Å². The second kappa shape index (κ2) is 6.44. The molecule has 0 N–H and O–H groups in total. The van der Waals surface area contributed by atoms with E-state index in [0.29, 0.717) is 0 Å². The summed E-state index contributed by atoms with van der Waals surface area (Å²) in [6.07, 6.45) is 19.8. The largest absolute Gasteiger partial charge is 0.367 e. The van der Waals surface area contributed by atoms with Crippen LogP contribution in [-0.2, 0) is 4.74 Å². The zero-order chi connectivity index (χ0) is 11.1. The van der Waals surface area contributed by atoms with Crippen molar-refractivity contribution in [2.24, 2.45) is 0 Å². The van der Waals surface area contributed by atoms with Crippen molar-refractivity contribution < 1.29 is 4.74 Å². The van der Waals surface area contributed by atoms with Crippen molar-refractivity contribution in [2.75, 3.05) is 6.61 Å². The van der Waals surface area contributed by atoms with E-state index in [1.807, 2.05) is 0 Å². The predicted octanol–water partition coefficient (Wildman–Crippen LogP) is 4.62. The molecule has 0 unspecified atom stereocenters. The molecule has 0 amide bonds. The lowest BCUT2D eigenvalue weighted by atomic mass is 9.89. The van der Waals surface area contributed by atoms with Gasteiger partial charge in [0.05, 0.1) is 12.2 Å². The van der Waals surface area contributed by atoms with Gasteiger partial charge in [0.15, 0.2) is 0 Å². The lowest BCUT2D eigenvalue weighted by Crippen LogP contribution is -2.27. The van der Waals surface area contributed by atoms with E-state index >= 15 is 0 Å². The van der Waals surface area contributed by atoms with Gasteiger partial charge in [-0.05, 0) is 12.8 Å². The molecule has 92 valence electrons. The van der Waals surface area contributed by atoms with Crippen molar-refractivity contribution in [1.82, 2.24) is 0 Å². The van der Waals surface area contributed by atoms with Gasteiger partial charge < -0.3 is 4.74 Å². The van der Waals surface area contributed by atoms with Crippen LogP contribution in [0.1, 0.15) is 70.6 Å². The monoisotopic (exact) mass is 222 g/mol. The van der Waals surface area contributed by atoms with Gasteiger partial charge in [-0.1, -0.05) is 69.9 Å². The standard InChI is InChI=1S/C15H26O/c1-2-4-6-8-11-15(13-10-14-16-15)12-9-7-5-3-1/h10,13H,1-9,11-12,14H2. The zero-order valence-corrected chi connectivity index (χ0v) is 10.5. The summed E-state index contributed by atoms with van der Waals surface area (Å²) in [5.74, 6) is 0. The summed E-state index contributed by atoms with van der Waals surface area (Å²) in [6.45, 7) is 0.847. The molecule has 1 aliphatic carbocycles. The SMILES string of the molecule is C1=CC2(CCCCCCCCCCC2)OC1. The Morgan fingerprint density at radius 2 is 1.19 bits per heavy atom. The fourth-order valence-corrected chi connectivity index (χ4v) is 3.05. The maximum Gasteiger partial charge on any atom is 0.0867 e. The van der Waals surface area contributed by atoms with Gasteiger partial charge in [0.2, 0.25) is 0 Å². The van der Waals surface area contributed by atoms with E-state index in [2.05, 4.69) is 12.2 Å². The van der Waals surface area contributed by atoms with E-state index in [1.54, 1.807) is 0 Å². The molecule has 1 heterocycles. The summed E-state index contributed by atoms with van der Waals surface area (Å²) in [4.78, 5) is 0. The van der Waals surface area contributed by atoms with Crippen molar-refractivity contribution in [3.63, 3.8) is 0 Å². The molecule has 0 saturated heterocycles. The molecule has 1 nitrogen and oxygen atoms in total. The van der Waals surface area contributed by atoms with Crippen LogP contribution in [0.3, 0.4) is 0 Å². The second-order valence-corrected chi connectivity index (χ2v) is 5.46. The minimum atomic E-state index is 0.138. The summed E-state index contributed by atoms with van der Waals surface area (Å²) in [6, 6.07) is 0. The fourth-order valence-electron chi connectivity index (χ4n) is 3.05. The Balaban J connectivity index is 1.83. The Hall–Kier alpha value is -0.300. The van der Waals surface area contributed by atoms with Gasteiger partial charge in [0, 0.05) is 0 Å². The molecule has 2 aliphatic rings. The highest BCUT2D eigenvalue weighted by molar-refractivity contribution is 5.07. The van der Waals surface area contributed by atoms with E-state index in [0.717, 1.165) is 6.61 Å². The number of ether oxygens (including phenoxy) is 1. The average molecular weight is 222 g/mol. The van der Waals surface area contributed by atoms with Crippen LogP contribution in [0, 0.1) is 0 Å². The first-order valence-corrected chi connectivity index (χ1v) is 7.23. The molecule has 1 spiro atoms. The lowest BCUT2D eigenvalue weighted by molar-refractivity contribution is 0.00822. The van der Waals surface area contributed by atoms with Gasteiger partial charge in [-0.15, -0.1) is 0 Å². The average Bonchev–Trinajstić information content (AvgIpc) is 2.73. The van der Waals surface area contributed by atoms with E-state index in [1.165, 1.54) is 70.6 Å². The van der Waals surface area contributed by atoms with Crippen LogP contribution in [0.15, 0.2) is 12.2 Å². The molecule has 1 saturated carbocycles. The highest BCUT2D eigenvalue weighted by atomic mass is 16.5. The van der Waals surface area contributed by atoms with Crippen LogP contribution in [0.4, 0.5) is 0 Å². The molecule has 0 aromatic rings. The van der Waals surface area contributed by atoms with Crippen LogP contribution < -0.4 is 0 Å². The predicted molar refractivity (Wildman–Crippen MR) is 68.6 cm³/mol. The molecule has 2 rings (SSSR count). The van der Waals surface area contributed by atoms with E-state index in [9.17, 15) is 0 Å². The molecule has 0 bridgehead atoms. The first kappa shape index (κ1) is 12.2. The molecule has 0 atom stereocenters. The van der Waals surface area contributed by atoms with E-state index < -0.39 is 0 Å². The first-order valence-electron chi connectivity index (χ1n) is 7.23. The Morgan fingerprint density at radius 3 is 1.62 bits per heavy atom. The molecule has 1 fully saturated rings. The van der Waals surface area contributed by atoms with Crippen LogP contribution in [0.5, 0.6) is 0 Å². The van der Waals surface area contributed by atoms with Crippen molar-refractivity contribution in [2.45, 2.75) is 76.2 Å². The maximum absolute atomic E-state index is 5.97. The van der Waals surface area contributed by atoms with Crippen LogP contribution in [0.25, 0.3) is 0 Å². The Kier molecular flexibility index (Phi) is 4.90. The summed E-state index contributed by atoms with van der Waals surface area (Å²) in [7, 11) is 0. The number of rotatable bonds is 0. The van der Waals surface area contributed by atoms with Gasteiger partial charge in [-0.2, -0.15) is 0 Å². The Bertz CT molecular complexity index is 207. The van der Waals surface area contributed by atoms with Gasteiger partial charge in [0.1, 0.15) is 0 Å². The number of hydrogen-bond acceptors (Lipinski definition) is 1. The van der Waals surface area contributed by atoms with Crippen molar-refractivity contribution >= 4 is 0 Å². The molecular weight excluding hydrogens is 196 g/mol. The topological polar surface area (TPSA) is 9.23 Å². The van der Waals surface area contributed by atoms with Gasteiger partial charge in [0.25, 0.3) is 0 Å². The third-order valence-electron chi connectivity index (χ3n) is 4.09. The van der Waals surface area contributed by atoms with Crippen molar-refractivity contribution in [3.05, 3.63) is 12.2 Å². The van der Waals surface area contributed by atoms with Crippen molar-refractivity contribution in [3.8, 4) is 0 Å².